The Morgan fingerprint density at radius 2 is 1.69 bits per heavy atom. The number of unbranched alkanes of at least 4 members (excludes halogenated alkanes) is 3. The molecule has 0 fully saturated rings. The lowest BCUT2D eigenvalue weighted by Crippen LogP contribution is -2.10. The van der Waals surface area contributed by atoms with E-state index in [0.29, 0.717) is 0 Å². The molecular weight excluding hydrogens is 164 g/mol. The molecule has 2 nitrogen and oxygen atoms in total. The molecule has 0 spiro atoms. The lowest BCUT2D eigenvalue weighted by molar-refractivity contribution is -0.0664. The molecule has 0 aromatic heterocycles. The van der Waals surface area contributed by atoms with Crippen molar-refractivity contribution in [1.82, 2.24) is 0 Å². The van der Waals surface area contributed by atoms with Crippen molar-refractivity contribution in [3.63, 3.8) is 0 Å². The van der Waals surface area contributed by atoms with E-state index >= 15 is 0 Å². The van der Waals surface area contributed by atoms with Crippen LogP contribution in [0.25, 0.3) is 0 Å². The minimum absolute atomic E-state index is 0.202. The Bertz CT molecular complexity index is 122. The largest absolute Gasteiger partial charge is 0.463 e. The van der Waals surface area contributed by atoms with E-state index in [9.17, 15) is 0 Å². The van der Waals surface area contributed by atoms with Gasteiger partial charge in [-0.25, -0.2) is 0 Å². The number of ether oxygens (including phenoxy) is 2. The van der Waals surface area contributed by atoms with Gasteiger partial charge < -0.3 is 9.47 Å². The van der Waals surface area contributed by atoms with E-state index in [1.165, 1.54) is 31.8 Å². The van der Waals surface area contributed by atoms with E-state index in [1.54, 1.807) is 0 Å². The second kappa shape index (κ2) is 9.17. The summed E-state index contributed by atoms with van der Waals surface area (Å²) < 4.78 is 10.3. The third-order valence-electron chi connectivity index (χ3n) is 1.79. The summed E-state index contributed by atoms with van der Waals surface area (Å²) >= 11 is 0. The Hall–Kier alpha value is -0.920. The van der Waals surface area contributed by atoms with Crippen LogP contribution >= 0.6 is 0 Å². The van der Waals surface area contributed by atoms with E-state index in [0.717, 1.165) is 12.8 Å². The van der Waals surface area contributed by atoms with Gasteiger partial charge in [0.25, 0.3) is 0 Å². The van der Waals surface area contributed by atoms with E-state index in [2.05, 4.69) is 20.1 Å². The van der Waals surface area contributed by atoms with Crippen LogP contribution in [0.2, 0.25) is 0 Å². The van der Waals surface area contributed by atoms with E-state index in [4.69, 9.17) is 9.47 Å². The maximum absolute atomic E-state index is 5.13. The average molecular weight is 184 g/mol. The summed E-state index contributed by atoms with van der Waals surface area (Å²) in [6.45, 7) is 9.17. The Balaban J connectivity index is 3.43. The molecule has 0 bridgehead atoms. The fraction of sp³-hybridized carbons (Fsp3) is 0.636. The van der Waals surface area contributed by atoms with Crippen LogP contribution in [0.4, 0.5) is 0 Å². The molecule has 0 unspecified atom stereocenters. The molecule has 0 saturated heterocycles. The minimum Gasteiger partial charge on any atom is -0.463 e. The fourth-order valence-corrected chi connectivity index (χ4v) is 1.12. The summed E-state index contributed by atoms with van der Waals surface area (Å²) in [4.78, 5) is 0. The first-order valence-electron chi connectivity index (χ1n) is 4.87. The lowest BCUT2D eigenvalue weighted by atomic mass is 10.1. The molecule has 0 amide bonds. The van der Waals surface area contributed by atoms with Gasteiger partial charge in [-0.15, -0.1) is 0 Å². The third-order valence-corrected chi connectivity index (χ3v) is 1.79. The standard InChI is InChI=1S/C11H20O2/c1-4-7-8-9-10-11(12-5-2)13-6-3/h5-6,11H,2-4,7-10H2,1H3. The number of hydrogen-bond acceptors (Lipinski definition) is 2. The van der Waals surface area contributed by atoms with Gasteiger partial charge in [0, 0.05) is 6.42 Å². The van der Waals surface area contributed by atoms with Gasteiger partial charge >= 0.3 is 0 Å². The van der Waals surface area contributed by atoms with Crippen LogP contribution in [0.15, 0.2) is 25.7 Å². The molecule has 0 radical (unpaired) electrons. The van der Waals surface area contributed by atoms with Crippen LogP contribution in [0.3, 0.4) is 0 Å². The molecule has 0 aromatic rings. The highest BCUT2D eigenvalue weighted by Gasteiger charge is 2.05. The second-order valence-corrected chi connectivity index (χ2v) is 2.88. The molecule has 0 rings (SSSR count). The van der Waals surface area contributed by atoms with Gasteiger partial charge in [-0.2, -0.15) is 0 Å². The molecule has 0 aliphatic carbocycles. The highest BCUT2D eigenvalue weighted by Crippen LogP contribution is 2.09. The zero-order valence-corrected chi connectivity index (χ0v) is 8.50. The molecule has 0 atom stereocenters. The average Bonchev–Trinajstić information content (AvgIpc) is 2.13. The predicted molar refractivity (Wildman–Crippen MR) is 55.1 cm³/mol. The number of rotatable bonds is 9. The molecule has 2 heteroatoms. The monoisotopic (exact) mass is 184 g/mol. The smallest absolute Gasteiger partial charge is 0.239 e. The van der Waals surface area contributed by atoms with Crippen molar-refractivity contribution in [2.24, 2.45) is 0 Å². The van der Waals surface area contributed by atoms with Crippen molar-refractivity contribution in [2.45, 2.75) is 45.3 Å². The van der Waals surface area contributed by atoms with E-state index in [1.807, 2.05) is 0 Å². The van der Waals surface area contributed by atoms with Crippen molar-refractivity contribution in [3.8, 4) is 0 Å². The molecule has 0 aliphatic rings. The van der Waals surface area contributed by atoms with Crippen molar-refractivity contribution in [3.05, 3.63) is 25.7 Å². The molecule has 13 heavy (non-hydrogen) atoms. The summed E-state index contributed by atoms with van der Waals surface area (Å²) in [5, 5.41) is 0. The van der Waals surface area contributed by atoms with E-state index in [-0.39, 0.29) is 6.29 Å². The van der Waals surface area contributed by atoms with Crippen LogP contribution in [0, 0.1) is 0 Å². The first-order valence-corrected chi connectivity index (χ1v) is 4.87. The van der Waals surface area contributed by atoms with Crippen LogP contribution in [0.1, 0.15) is 39.0 Å². The first kappa shape index (κ1) is 12.1. The van der Waals surface area contributed by atoms with Crippen molar-refractivity contribution in [1.29, 1.82) is 0 Å². The van der Waals surface area contributed by atoms with Crippen LogP contribution < -0.4 is 0 Å². The summed E-state index contributed by atoms with van der Waals surface area (Å²) in [6.07, 6.45) is 8.39. The van der Waals surface area contributed by atoms with Gasteiger partial charge in [-0.1, -0.05) is 39.3 Å². The fourth-order valence-electron chi connectivity index (χ4n) is 1.12. The summed E-state index contributed by atoms with van der Waals surface area (Å²) in [7, 11) is 0. The summed E-state index contributed by atoms with van der Waals surface area (Å²) in [5.41, 5.74) is 0. The van der Waals surface area contributed by atoms with Crippen LogP contribution in [0.5, 0.6) is 0 Å². The molecule has 0 saturated carbocycles. The Morgan fingerprint density at radius 3 is 2.15 bits per heavy atom. The molecule has 0 aliphatic heterocycles. The maximum Gasteiger partial charge on any atom is 0.239 e. The SMILES string of the molecule is C=COC(CCCCCC)OC=C. The lowest BCUT2D eigenvalue weighted by Gasteiger charge is -2.15. The number of hydrogen-bond donors (Lipinski definition) is 0. The first-order chi connectivity index (χ1) is 6.35. The van der Waals surface area contributed by atoms with E-state index < -0.39 is 0 Å². The second-order valence-electron chi connectivity index (χ2n) is 2.88. The van der Waals surface area contributed by atoms with Crippen molar-refractivity contribution in [2.75, 3.05) is 0 Å². The van der Waals surface area contributed by atoms with Gasteiger partial charge in [-0.3, -0.25) is 0 Å². The Labute approximate surface area is 81.2 Å². The molecule has 76 valence electrons. The van der Waals surface area contributed by atoms with Crippen molar-refractivity contribution < 1.29 is 9.47 Å². The Kier molecular flexibility index (Phi) is 8.52. The van der Waals surface area contributed by atoms with Crippen molar-refractivity contribution >= 4 is 0 Å². The topological polar surface area (TPSA) is 18.5 Å². The molecule has 0 heterocycles. The molecule has 0 N–H and O–H groups in total. The van der Waals surface area contributed by atoms with Crippen LogP contribution in [-0.4, -0.2) is 6.29 Å². The zero-order valence-electron chi connectivity index (χ0n) is 8.50. The summed E-state index contributed by atoms with van der Waals surface area (Å²) in [6, 6.07) is 0. The van der Waals surface area contributed by atoms with Gasteiger partial charge in [0.1, 0.15) is 0 Å². The molecule has 0 aromatic carbocycles. The van der Waals surface area contributed by atoms with Gasteiger partial charge in [0.15, 0.2) is 0 Å². The Morgan fingerprint density at radius 1 is 1.08 bits per heavy atom. The van der Waals surface area contributed by atoms with Gasteiger partial charge in [0.2, 0.25) is 6.29 Å². The van der Waals surface area contributed by atoms with Crippen LogP contribution in [-0.2, 0) is 9.47 Å². The van der Waals surface area contributed by atoms with Gasteiger partial charge in [0.05, 0.1) is 12.5 Å². The normalized spacial score (nSPS) is 9.69. The predicted octanol–water partition coefficient (Wildman–Crippen LogP) is 3.60. The zero-order chi connectivity index (χ0) is 9.94. The third kappa shape index (κ3) is 7.44. The summed E-state index contributed by atoms with van der Waals surface area (Å²) in [5.74, 6) is 0. The maximum atomic E-state index is 5.13. The quantitative estimate of drug-likeness (QED) is 0.309. The van der Waals surface area contributed by atoms with Gasteiger partial charge in [-0.05, 0) is 6.42 Å². The highest BCUT2D eigenvalue weighted by atomic mass is 16.7. The molecular formula is C11H20O2. The minimum atomic E-state index is -0.202. The highest BCUT2D eigenvalue weighted by molar-refractivity contribution is 4.59.